The highest BCUT2D eigenvalue weighted by atomic mass is 79.9. The lowest BCUT2D eigenvalue weighted by atomic mass is 10.1. The largest absolute Gasteiger partial charge is 0.493 e. The lowest BCUT2D eigenvalue weighted by molar-refractivity contribution is 0.0851. The molecule has 1 radical (unpaired) electrons. The van der Waals surface area contributed by atoms with Gasteiger partial charge in [0.2, 0.25) is 0 Å². The van der Waals surface area contributed by atoms with Gasteiger partial charge in [0.25, 0.3) is 0 Å². The van der Waals surface area contributed by atoms with Crippen molar-refractivity contribution in [3.63, 3.8) is 0 Å². The summed E-state index contributed by atoms with van der Waals surface area (Å²) in [5.74, 6) is 0.876. The third-order valence-electron chi connectivity index (χ3n) is 4.78. The van der Waals surface area contributed by atoms with Gasteiger partial charge in [-0.3, -0.25) is 0 Å². The molecule has 5 heteroatoms. The van der Waals surface area contributed by atoms with Crippen LogP contribution in [0.3, 0.4) is 0 Å². The Morgan fingerprint density at radius 3 is 2.70 bits per heavy atom. The average molecular weight is 402 g/mol. The molecule has 1 aliphatic carbocycles. The van der Waals surface area contributed by atoms with E-state index >= 15 is 0 Å². The van der Waals surface area contributed by atoms with Gasteiger partial charge < -0.3 is 9.47 Å². The molecule has 0 spiro atoms. The van der Waals surface area contributed by atoms with Crippen molar-refractivity contribution < 1.29 is 13.9 Å². The SMILES string of the molecule is C[Si](C)C(C)(C)COCC1Cc2cc(OCCBr)cc(F)c2C1. The van der Waals surface area contributed by atoms with Gasteiger partial charge in [-0.1, -0.05) is 42.9 Å². The fourth-order valence-electron chi connectivity index (χ4n) is 2.73. The topological polar surface area (TPSA) is 18.5 Å². The molecule has 1 atom stereocenters. The first kappa shape index (κ1) is 18.9. The van der Waals surface area contributed by atoms with Crippen molar-refractivity contribution in [2.45, 2.75) is 44.8 Å². The molecule has 2 rings (SSSR count). The summed E-state index contributed by atoms with van der Waals surface area (Å²) in [4.78, 5) is 0. The number of hydrogen-bond donors (Lipinski definition) is 0. The van der Waals surface area contributed by atoms with Crippen LogP contribution in [-0.2, 0) is 17.6 Å². The Kier molecular flexibility index (Phi) is 6.69. The van der Waals surface area contributed by atoms with Crippen LogP contribution in [0.2, 0.25) is 18.1 Å². The molecule has 1 aromatic rings. The predicted molar refractivity (Wildman–Crippen MR) is 98.9 cm³/mol. The van der Waals surface area contributed by atoms with Gasteiger partial charge in [-0.2, -0.15) is 0 Å². The minimum absolute atomic E-state index is 0.137. The number of benzene rings is 1. The van der Waals surface area contributed by atoms with E-state index in [1.165, 1.54) is 6.07 Å². The first-order valence-corrected chi connectivity index (χ1v) is 11.8. The van der Waals surface area contributed by atoms with Gasteiger partial charge in [0, 0.05) is 18.0 Å². The van der Waals surface area contributed by atoms with Crippen LogP contribution in [0.25, 0.3) is 0 Å². The Morgan fingerprint density at radius 2 is 2.04 bits per heavy atom. The number of alkyl halides is 1. The Bertz CT molecular complexity index is 534. The van der Waals surface area contributed by atoms with E-state index in [2.05, 4.69) is 42.9 Å². The molecule has 2 nitrogen and oxygen atoms in total. The molecule has 0 heterocycles. The Morgan fingerprint density at radius 1 is 1.30 bits per heavy atom. The molecule has 23 heavy (non-hydrogen) atoms. The first-order valence-electron chi connectivity index (χ1n) is 8.22. The Hall–Kier alpha value is -0.393. The first-order chi connectivity index (χ1) is 10.8. The average Bonchev–Trinajstić information content (AvgIpc) is 2.88. The smallest absolute Gasteiger partial charge is 0.130 e. The summed E-state index contributed by atoms with van der Waals surface area (Å²) >= 11 is 3.32. The molecule has 1 unspecified atom stereocenters. The van der Waals surface area contributed by atoms with Crippen LogP contribution in [0.5, 0.6) is 5.75 Å². The summed E-state index contributed by atoms with van der Waals surface area (Å²) < 4.78 is 25.8. The number of halogens is 2. The summed E-state index contributed by atoms with van der Waals surface area (Å²) in [6, 6.07) is 3.50. The maximum Gasteiger partial charge on any atom is 0.130 e. The van der Waals surface area contributed by atoms with Crippen molar-refractivity contribution in [3.8, 4) is 5.75 Å². The van der Waals surface area contributed by atoms with Crippen LogP contribution in [-0.4, -0.2) is 33.9 Å². The summed E-state index contributed by atoms with van der Waals surface area (Å²) in [5.41, 5.74) is 1.93. The van der Waals surface area contributed by atoms with Crippen LogP contribution in [0.1, 0.15) is 25.0 Å². The molecule has 0 bridgehead atoms. The Labute approximate surface area is 149 Å². The zero-order chi connectivity index (χ0) is 17.0. The second kappa shape index (κ2) is 8.12. The highest BCUT2D eigenvalue weighted by Gasteiger charge is 2.28. The predicted octanol–water partition coefficient (Wildman–Crippen LogP) is 4.87. The van der Waals surface area contributed by atoms with Gasteiger partial charge in [-0.25, -0.2) is 4.39 Å². The van der Waals surface area contributed by atoms with Gasteiger partial charge in [-0.05, 0) is 41.0 Å². The van der Waals surface area contributed by atoms with Gasteiger partial charge in [0.15, 0.2) is 0 Å². The van der Waals surface area contributed by atoms with Gasteiger partial charge in [0.05, 0.1) is 22.0 Å². The fraction of sp³-hybridized carbons (Fsp3) is 0.667. The summed E-state index contributed by atoms with van der Waals surface area (Å²) in [7, 11) is -0.386. The molecule has 0 aromatic heterocycles. The molecule has 129 valence electrons. The van der Waals surface area contributed by atoms with Gasteiger partial charge >= 0.3 is 0 Å². The standard InChI is InChI=1S/C18H27BrFO2Si/c1-18(2,23(3)4)12-21-11-13-7-14-9-15(22-6-5-19)10-17(20)16(14)8-13/h9-10,13H,5-8,11-12H2,1-4H3. The van der Waals surface area contributed by atoms with Gasteiger partial charge in [-0.15, -0.1) is 0 Å². The van der Waals surface area contributed by atoms with E-state index < -0.39 is 0 Å². The molecule has 0 fully saturated rings. The maximum absolute atomic E-state index is 14.2. The molecule has 0 saturated carbocycles. The lowest BCUT2D eigenvalue weighted by Gasteiger charge is -2.28. The van der Waals surface area contributed by atoms with E-state index in [9.17, 15) is 4.39 Å². The number of hydrogen-bond acceptors (Lipinski definition) is 2. The van der Waals surface area contributed by atoms with Crippen molar-refractivity contribution in [3.05, 3.63) is 29.1 Å². The normalized spacial score (nSPS) is 17.6. The second-order valence-electron chi connectivity index (χ2n) is 7.25. The summed E-state index contributed by atoms with van der Waals surface area (Å²) in [6.07, 6.45) is 1.66. The summed E-state index contributed by atoms with van der Waals surface area (Å²) in [6.45, 7) is 11.3. The monoisotopic (exact) mass is 401 g/mol. The van der Waals surface area contributed by atoms with Crippen molar-refractivity contribution in [2.24, 2.45) is 5.92 Å². The zero-order valence-corrected chi connectivity index (χ0v) is 17.1. The van der Waals surface area contributed by atoms with Crippen molar-refractivity contribution in [1.29, 1.82) is 0 Å². The lowest BCUT2D eigenvalue weighted by Crippen LogP contribution is -2.27. The van der Waals surface area contributed by atoms with Crippen LogP contribution in [0.15, 0.2) is 12.1 Å². The van der Waals surface area contributed by atoms with Crippen LogP contribution >= 0.6 is 15.9 Å². The minimum atomic E-state index is -0.386. The van der Waals surface area contributed by atoms with Crippen molar-refractivity contribution in [1.82, 2.24) is 0 Å². The molecular weight excluding hydrogens is 375 g/mol. The third kappa shape index (κ3) is 5.04. The molecule has 0 saturated heterocycles. The van der Waals surface area contributed by atoms with Gasteiger partial charge in [0.1, 0.15) is 11.6 Å². The highest BCUT2D eigenvalue weighted by Crippen LogP contribution is 2.34. The van der Waals surface area contributed by atoms with Crippen LogP contribution in [0.4, 0.5) is 4.39 Å². The zero-order valence-electron chi connectivity index (χ0n) is 14.5. The molecule has 0 N–H and O–H groups in total. The number of ether oxygens (including phenoxy) is 2. The highest BCUT2D eigenvalue weighted by molar-refractivity contribution is 9.09. The fourth-order valence-corrected chi connectivity index (χ4v) is 3.28. The molecule has 0 amide bonds. The summed E-state index contributed by atoms with van der Waals surface area (Å²) in [5, 5.41) is 1.02. The molecular formula is C18H27BrFO2Si. The van der Waals surface area contributed by atoms with E-state index in [0.29, 0.717) is 24.9 Å². The van der Waals surface area contributed by atoms with E-state index in [-0.39, 0.29) is 19.7 Å². The minimum Gasteiger partial charge on any atom is -0.493 e. The Balaban J connectivity index is 1.90. The number of rotatable bonds is 8. The quantitative estimate of drug-likeness (QED) is 0.457. The molecule has 1 aliphatic rings. The van der Waals surface area contributed by atoms with Crippen LogP contribution in [0, 0.1) is 11.7 Å². The second-order valence-corrected chi connectivity index (χ2v) is 11.4. The van der Waals surface area contributed by atoms with Crippen molar-refractivity contribution >= 4 is 24.7 Å². The van der Waals surface area contributed by atoms with Crippen molar-refractivity contribution in [2.75, 3.05) is 25.2 Å². The third-order valence-corrected chi connectivity index (χ3v) is 7.95. The maximum atomic E-state index is 14.2. The number of fused-ring (bicyclic) bond motifs is 1. The van der Waals surface area contributed by atoms with E-state index in [1.807, 2.05) is 6.07 Å². The van der Waals surface area contributed by atoms with Crippen LogP contribution < -0.4 is 4.74 Å². The molecule has 1 aromatic carbocycles. The molecule has 0 aliphatic heterocycles. The van der Waals surface area contributed by atoms with E-state index in [4.69, 9.17) is 9.47 Å². The van der Waals surface area contributed by atoms with E-state index in [1.54, 1.807) is 0 Å². The van der Waals surface area contributed by atoms with E-state index in [0.717, 1.165) is 35.9 Å².